The van der Waals surface area contributed by atoms with Gasteiger partial charge in [0.15, 0.2) is 5.43 Å². The molecule has 1 aromatic heterocycles. The molecule has 0 unspecified atom stereocenters. The average Bonchev–Trinajstić information content (AvgIpc) is 2.43. The van der Waals surface area contributed by atoms with Gasteiger partial charge in [0.2, 0.25) is 0 Å². The highest BCUT2D eigenvalue weighted by molar-refractivity contribution is 5.92. The minimum Gasteiger partial charge on any atom is -0.497 e. The number of aromatic carboxylic acids is 1. The standard InChI is InChI=1S/C14H15NO5/c1-8-12(14(18)19)15(5-6-16)11-7-9(20-2)3-4-10(11)13(8)17/h3-4,7,16H,5-6H2,1-2H3,(H,18,19). The number of methoxy groups -OCH3 is 1. The maximum absolute atomic E-state index is 12.2. The van der Waals surface area contributed by atoms with Gasteiger partial charge in [-0.2, -0.15) is 0 Å². The number of fused-ring (bicyclic) bond motifs is 1. The first-order chi connectivity index (χ1) is 9.51. The second kappa shape index (κ2) is 5.34. The number of aliphatic hydroxyl groups is 1. The van der Waals surface area contributed by atoms with Crippen LogP contribution in [0.4, 0.5) is 0 Å². The van der Waals surface area contributed by atoms with Crippen LogP contribution in [0, 0.1) is 6.92 Å². The number of hydrogen-bond donors (Lipinski definition) is 2. The summed E-state index contributed by atoms with van der Waals surface area (Å²) in [6.07, 6.45) is 0. The van der Waals surface area contributed by atoms with E-state index in [0.29, 0.717) is 16.7 Å². The molecular formula is C14H15NO5. The van der Waals surface area contributed by atoms with Crippen molar-refractivity contribution < 1.29 is 19.7 Å². The Hall–Kier alpha value is -2.34. The second-order valence-corrected chi connectivity index (χ2v) is 4.37. The van der Waals surface area contributed by atoms with Crippen molar-refractivity contribution in [3.63, 3.8) is 0 Å². The zero-order chi connectivity index (χ0) is 14.9. The van der Waals surface area contributed by atoms with Crippen molar-refractivity contribution in [1.82, 2.24) is 4.57 Å². The number of hydrogen-bond acceptors (Lipinski definition) is 4. The summed E-state index contributed by atoms with van der Waals surface area (Å²) in [5, 5.41) is 18.9. The van der Waals surface area contributed by atoms with Gasteiger partial charge in [0.05, 0.1) is 19.2 Å². The Bertz CT molecular complexity index is 732. The van der Waals surface area contributed by atoms with Crippen molar-refractivity contribution in [2.24, 2.45) is 0 Å². The number of carboxylic acids is 1. The third-order valence-corrected chi connectivity index (χ3v) is 3.23. The van der Waals surface area contributed by atoms with E-state index in [9.17, 15) is 14.7 Å². The van der Waals surface area contributed by atoms with Crippen LogP contribution in [0.1, 0.15) is 16.1 Å². The van der Waals surface area contributed by atoms with E-state index in [1.165, 1.54) is 18.6 Å². The molecule has 0 aliphatic heterocycles. The largest absolute Gasteiger partial charge is 0.497 e. The number of aromatic nitrogens is 1. The van der Waals surface area contributed by atoms with Crippen LogP contribution < -0.4 is 10.2 Å². The molecule has 2 N–H and O–H groups in total. The summed E-state index contributed by atoms with van der Waals surface area (Å²) in [7, 11) is 1.49. The van der Waals surface area contributed by atoms with E-state index in [4.69, 9.17) is 9.84 Å². The molecule has 0 aliphatic carbocycles. The fraction of sp³-hybridized carbons (Fsp3) is 0.286. The molecule has 0 spiro atoms. The van der Waals surface area contributed by atoms with Crippen molar-refractivity contribution in [2.75, 3.05) is 13.7 Å². The summed E-state index contributed by atoms with van der Waals surface area (Å²) in [5.41, 5.74) is 0.161. The number of carboxylic acid groups (broad SMARTS) is 1. The van der Waals surface area contributed by atoms with E-state index >= 15 is 0 Å². The Balaban J connectivity index is 2.97. The number of carbonyl (C=O) groups is 1. The zero-order valence-electron chi connectivity index (χ0n) is 11.2. The van der Waals surface area contributed by atoms with Gasteiger partial charge in [-0.1, -0.05) is 0 Å². The number of nitrogens with zero attached hydrogens (tertiary/aromatic N) is 1. The van der Waals surface area contributed by atoms with Gasteiger partial charge in [0.1, 0.15) is 11.4 Å². The summed E-state index contributed by atoms with van der Waals surface area (Å²) in [6, 6.07) is 4.84. The lowest BCUT2D eigenvalue weighted by atomic mass is 10.1. The molecule has 0 aliphatic rings. The highest BCUT2D eigenvalue weighted by Gasteiger charge is 2.19. The van der Waals surface area contributed by atoms with Crippen LogP contribution in [-0.4, -0.2) is 34.5 Å². The van der Waals surface area contributed by atoms with Crippen LogP contribution >= 0.6 is 0 Å². The van der Waals surface area contributed by atoms with Crippen LogP contribution in [-0.2, 0) is 6.54 Å². The van der Waals surface area contributed by atoms with Crippen molar-refractivity contribution >= 4 is 16.9 Å². The molecule has 2 rings (SSSR count). The number of pyridine rings is 1. The van der Waals surface area contributed by atoms with Crippen LogP contribution in [0.2, 0.25) is 0 Å². The molecule has 6 heteroatoms. The predicted molar refractivity (Wildman–Crippen MR) is 73.5 cm³/mol. The Kier molecular flexibility index (Phi) is 3.76. The Labute approximate surface area is 114 Å². The maximum Gasteiger partial charge on any atom is 0.352 e. The Morgan fingerprint density at radius 1 is 1.40 bits per heavy atom. The molecule has 1 heterocycles. The summed E-state index contributed by atoms with van der Waals surface area (Å²) in [4.78, 5) is 23.6. The fourth-order valence-corrected chi connectivity index (χ4v) is 2.29. The SMILES string of the molecule is COc1ccc2c(=O)c(C)c(C(=O)O)n(CCO)c2c1. The molecule has 0 saturated heterocycles. The summed E-state index contributed by atoms with van der Waals surface area (Å²) in [6.45, 7) is 1.34. The second-order valence-electron chi connectivity index (χ2n) is 4.37. The Morgan fingerprint density at radius 3 is 2.65 bits per heavy atom. The first-order valence-corrected chi connectivity index (χ1v) is 6.06. The first-order valence-electron chi connectivity index (χ1n) is 6.06. The van der Waals surface area contributed by atoms with Gasteiger partial charge in [-0.3, -0.25) is 4.79 Å². The lowest BCUT2D eigenvalue weighted by Gasteiger charge is -2.16. The number of aliphatic hydroxyl groups excluding tert-OH is 1. The molecular weight excluding hydrogens is 262 g/mol. The smallest absolute Gasteiger partial charge is 0.352 e. The number of ether oxygens (including phenoxy) is 1. The van der Waals surface area contributed by atoms with Crippen LogP contribution in [0.25, 0.3) is 10.9 Å². The third kappa shape index (κ3) is 2.14. The molecule has 0 fully saturated rings. The molecule has 0 atom stereocenters. The molecule has 6 nitrogen and oxygen atoms in total. The van der Waals surface area contributed by atoms with Crippen LogP contribution in [0.3, 0.4) is 0 Å². The zero-order valence-corrected chi connectivity index (χ0v) is 11.2. The molecule has 0 bridgehead atoms. The van der Waals surface area contributed by atoms with Crippen molar-refractivity contribution in [3.05, 3.63) is 39.7 Å². The molecule has 0 amide bonds. The third-order valence-electron chi connectivity index (χ3n) is 3.23. The number of rotatable bonds is 4. The quantitative estimate of drug-likeness (QED) is 0.870. The fourth-order valence-electron chi connectivity index (χ4n) is 2.29. The van der Waals surface area contributed by atoms with Gasteiger partial charge < -0.3 is 19.5 Å². The average molecular weight is 277 g/mol. The van der Waals surface area contributed by atoms with E-state index in [1.54, 1.807) is 18.2 Å². The van der Waals surface area contributed by atoms with Gasteiger partial charge in [0, 0.05) is 23.6 Å². The van der Waals surface area contributed by atoms with Gasteiger partial charge in [-0.15, -0.1) is 0 Å². The van der Waals surface area contributed by atoms with Crippen LogP contribution in [0.5, 0.6) is 5.75 Å². The van der Waals surface area contributed by atoms with Gasteiger partial charge >= 0.3 is 5.97 Å². The van der Waals surface area contributed by atoms with Crippen molar-refractivity contribution in [1.29, 1.82) is 0 Å². The molecule has 2 aromatic rings. The first kappa shape index (κ1) is 14.1. The van der Waals surface area contributed by atoms with Crippen molar-refractivity contribution in [2.45, 2.75) is 13.5 Å². The lowest BCUT2D eigenvalue weighted by Crippen LogP contribution is -2.23. The van der Waals surface area contributed by atoms with E-state index in [1.807, 2.05) is 0 Å². The molecule has 20 heavy (non-hydrogen) atoms. The molecule has 0 radical (unpaired) electrons. The summed E-state index contributed by atoms with van der Waals surface area (Å²) >= 11 is 0. The van der Waals surface area contributed by atoms with E-state index in [2.05, 4.69) is 0 Å². The maximum atomic E-state index is 12.2. The minimum absolute atomic E-state index is 0.0897. The number of benzene rings is 1. The van der Waals surface area contributed by atoms with E-state index in [-0.39, 0.29) is 29.8 Å². The predicted octanol–water partition coefficient (Wildman–Crippen LogP) is 1.01. The van der Waals surface area contributed by atoms with Gasteiger partial charge in [-0.25, -0.2) is 4.79 Å². The highest BCUT2D eigenvalue weighted by Crippen LogP contribution is 2.21. The van der Waals surface area contributed by atoms with E-state index in [0.717, 1.165) is 0 Å². The normalized spacial score (nSPS) is 10.8. The van der Waals surface area contributed by atoms with Gasteiger partial charge in [0.25, 0.3) is 0 Å². The molecule has 106 valence electrons. The molecule has 1 aromatic carbocycles. The topological polar surface area (TPSA) is 88.8 Å². The Morgan fingerprint density at radius 2 is 2.10 bits per heavy atom. The molecule has 0 saturated carbocycles. The monoisotopic (exact) mass is 277 g/mol. The summed E-state index contributed by atoms with van der Waals surface area (Å²) < 4.78 is 6.53. The van der Waals surface area contributed by atoms with E-state index < -0.39 is 5.97 Å². The van der Waals surface area contributed by atoms with Gasteiger partial charge in [-0.05, 0) is 19.1 Å². The minimum atomic E-state index is -1.20. The lowest BCUT2D eigenvalue weighted by molar-refractivity contribution is 0.0682. The summed E-state index contributed by atoms with van der Waals surface area (Å²) in [5.74, 6) is -0.679. The van der Waals surface area contributed by atoms with Crippen LogP contribution in [0.15, 0.2) is 23.0 Å². The van der Waals surface area contributed by atoms with Crippen molar-refractivity contribution in [3.8, 4) is 5.75 Å². The highest BCUT2D eigenvalue weighted by atomic mass is 16.5.